The first kappa shape index (κ1) is 90.4. The van der Waals surface area contributed by atoms with Crippen molar-refractivity contribution in [2.45, 2.75) is 150 Å². The lowest BCUT2D eigenvalue weighted by molar-refractivity contribution is -0.311. The van der Waals surface area contributed by atoms with Crippen LogP contribution in [0.15, 0.2) is 176 Å². The van der Waals surface area contributed by atoms with E-state index in [-0.39, 0.29) is 91.5 Å². The highest BCUT2D eigenvalue weighted by Gasteiger charge is 2.58. The number of esters is 3. The van der Waals surface area contributed by atoms with Gasteiger partial charge in [0, 0.05) is 87.5 Å². The lowest BCUT2D eigenvalue weighted by atomic mass is 9.88. The Bertz CT molecular complexity index is 4490. The van der Waals surface area contributed by atoms with Crippen molar-refractivity contribution in [3.63, 3.8) is 0 Å². The number of thioether (sulfide) groups is 2. The number of rotatable bonds is 43. The van der Waals surface area contributed by atoms with Gasteiger partial charge in [0.25, 0.3) is 29.3 Å². The number of Topliss-reactive ketones (excluding diaryl/α,β-unsaturated/α-hetero) is 1. The summed E-state index contributed by atoms with van der Waals surface area (Å²) in [6.45, 7) is 1.59. The van der Waals surface area contributed by atoms with Crippen LogP contribution in [-0.4, -0.2) is 240 Å². The Morgan fingerprint density at radius 2 is 0.915 bits per heavy atom. The number of ether oxygens (including phenoxy) is 8. The highest BCUT2D eigenvalue weighted by atomic mass is 32.2. The maximum absolute atomic E-state index is 14.1. The normalized spacial score (nSPS) is 20.4. The molecule has 1 aliphatic carbocycles. The zero-order valence-electron chi connectivity index (χ0n) is 66.2. The fraction of sp³-hybridized carbons (Fsp3) is 0.420. The largest absolute Gasteiger partial charge is 0.493 e. The van der Waals surface area contributed by atoms with Crippen LogP contribution in [0, 0.1) is 0 Å². The molecule has 2 fully saturated rings. The number of carbonyl (C=O) groups excluding carboxylic acids is 9. The van der Waals surface area contributed by atoms with E-state index in [1.54, 1.807) is 48.5 Å². The second-order valence-electron chi connectivity index (χ2n) is 28.9. The van der Waals surface area contributed by atoms with Gasteiger partial charge in [-0.2, -0.15) is 23.5 Å². The predicted octanol–water partition coefficient (Wildman–Crippen LogP) is 7.25. The third kappa shape index (κ3) is 24.2. The minimum Gasteiger partial charge on any atom is -0.493 e. The Kier molecular flexibility index (Phi) is 33.9. The minimum atomic E-state index is -2.30. The molecule has 8 unspecified atom stereocenters. The molecule has 0 bridgehead atoms. The van der Waals surface area contributed by atoms with E-state index in [1.807, 2.05) is 97.1 Å². The molecule has 3 aliphatic rings. The van der Waals surface area contributed by atoms with Crippen LogP contribution in [0.4, 0.5) is 0 Å². The van der Waals surface area contributed by atoms with Gasteiger partial charge in [-0.15, -0.1) is 0 Å². The van der Waals surface area contributed by atoms with Crippen LogP contribution in [-0.2, 0) is 57.1 Å². The summed E-state index contributed by atoms with van der Waals surface area (Å²) in [5.41, 5.74) is 9.05. The van der Waals surface area contributed by atoms with Crippen LogP contribution in [0.2, 0.25) is 0 Å². The number of hydrogen-bond donors (Lipinski definition) is 11. The predicted molar refractivity (Wildman–Crippen MR) is 440 cm³/mol. The van der Waals surface area contributed by atoms with Crippen molar-refractivity contribution >= 4 is 76.8 Å². The molecular weight excluding hydrogens is 1560 g/mol. The van der Waals surface area contributed by atoms with Crippen molar-refractivity contribution in [3.8, 4) is 39.1 Å². The number of aliphatic hydroxyl groups excluding tert-OH is 6. The molecule has 7 aromatic carbocycles. The fourth-order valence-corrected chi connectivity index (χ4v) is 16.1. The second kappa shape index (κ2) is 44.2. The molecule has 7 aromatic rings. The minimum absolute atomic E-state index is 0.0873. The summed E-state index contributed by atoms with van der Waals surface area (Å²) in [7, 11) is 2.16. The molecule has 2 saturated heterocycles. The molecular formula is C88H103N5O23S2. The van der Waals surface area contributed by atoms with E-state index in [4.69, 9.17) is 37.9 Å². The van der Waals surface area contributed by atoms with Crippen molar-refractivity contribution in [2.24, 2.45) is 0 Å². The Balaban J connectivity index is 0.697. The lowest BCUT2D eigenvalue weighted by Gasteiger charge is -2.47. The average Bonchev–Trinajstić information content (AvgIpc) is 1.51. The summed E-state index contributed by atoms with van der Waals surface area (Å²) >= 11 is 2.93. The molecule has 12 atom stereocenters. The van der Waals surface area contributed by atoms with Gasteiger partial charge in [0.05, 0.1) is 76.1 Å². The molecule has 0 radical (unpaired) electrons. The zero-order valence-corrected chi connectivity index (χ0v) is 67.8. The van der Waals surface area contributed by atoms with Gasteiger partial charge in [-0.25, -0.2) is 9.59 Å². The van der Waals surface area contributed by atoms with Gasteiger partial charge in [-0.05, 0) is 136 Å². The summed E-state index contributed by atoms with van der Waals surface area (Å²) in [4.78, 5) is 119. The standard InChI is InChI=1S/C88H103N5O23S2/c1-54(94)92-76-70(97)49-87(85(107)109-3,115-80(76)78(102)72(99)51-90-82(104)60-34-30-58(31-35-60)56-20-7-5-8-21-56)113-42-18-45-117-44-17-28-69(96)67-39-38-62(48-74(67)111-41-16-15-29-75(101)112-53-68-65-26-13-11-24-63(65)64-25-12-14-27-66(64)68)84(106)89-40-47-118-46-19-43-114-88(86(108)110-4)50-71(98)77(93-55(2)95)81(116-88)79(103)73(100)52-91-83(105)61-36-32-59(33-37-61)57-22-9-6-10-23-57/h5-14,20-27,30-39,48,68,70-73,76-81,97-100,102-103H,15-19,28-29,40-47,49-53H2,1-4H3,(H,89,106)(H,90,104)(H,91,105)(H,92,94)(H,93,95)/t70?,71?,72-,73-,76?,77?,78-,79-,80?,81?,87?,88?/m1/s1. The maximum Gasteiger partial charge on any atom is 0.366 e. The van der Waals surface area contributed by atoms with E-state index in [0.717, 1.165) is 58.7 Å². The second-order valence-corrected chi connectivity index (χ2v) is 31.4. The highest BCUT2D eigenvalue weighted by Crippen LogP contribution is 2.45. The van der Waals surface area contributed by atoms with E-state index in [1.165, 1.54) is 55.6 Å². The van der Waals surface area contributed by atoms with Crippen molar-refractivity contribution in [2.75, 3.05) is 83.3 Å². The molecule has 630 valence electrons. The summed E-state index contributed by atoms with van der Waals surface area (Å²) in [5.74, 6) is -8.24. The molecule has 2 heterocycles. The van der Waals surface area contributed by atoms with Crippen LogP contribution < -0.4 is 31.3 Å². The summed E-state index contributed by atoms with van der Waals surface area (Å²) in [6, 6.07) is 50.6. The average molecular weight is 1660 g/mol. The first-order valence-corrected chi connectivity index (χ1v) is 41.6. The first-order chi connectivity index (χ1) is 56.9. The maximum atomic E-state index is 14.1. The molecule has 0 aromatic heterocycles. The van der Waals surface area contributed by atoms with E-state index in [9.17, 15) is 73.8 Å². The summed E-state index contributed by atoms with van der Waals surface area (Å²) in [6.07, 6.45) is -12.7. The van der Waals surface area contributed by atoms with Gasteiger partial charge in [0.15, 0.2) is 5.78 Å². The fourth-order valence-electron chi connectivity index (χ4n) is 14.4. The quantitative estimate of drug-likeness (QED) is 0.00775. The third-order valence-electron chi connectivity index (χ3n) is 20.5. The number of ketones is 1. The molecule has 11 N–H and O–H groups in total. The lowest BCUT2D eigenvalue weighted by Crippen LogP contribution is -2.68. The number of hydrogen-bond acceptors (Lipinski definition) is 25. The van der Waals surface area contributed by atoms with E-state index < -0.39 is 140 Å². The smallest absolute Gasteiger partial charge is 0.366 e. The summed E-state index contributed by atoms with van der Waals surface area (Å²) < 4.78 is 46.6. The highest BCUT2D eigenvalue weighted by molar-refractivity contribution is 7.99. The summed E-state index contributed by atoms with van der Waals surface area (Å²) in [5, 5.41) is 81.7. The van der Waals surface area contributed by atoms with Gasteiger partial charge < -0.3 is 95.1 Å². The molecule has 0 saturated carbocycles. The van der Waals surface area contributed by atoms with Crippen molar-refractivity contribution in [1.82, 2.24) is 26.6 Å². The monoisotopic (exact) mass is 1660 g/mol. The topological polar surface area (TPSA) is 409 Å². The number of unbranched alkanes of at least 4 members (excludes halogenated alkanes) is 1. The Morgan fingerprint density at radius 1 is 0.483 bits per heavy atom. The van der Waals surface area contributed by atoms with Crippen LogP contribution in [0.25, 0.3) is 33.4 Å². The van der Waals surface area contributed by atoms with Gasteiger partial charge in [-0.1, -0.05) is 133 Å². The van der Waals surface area contributed by atoms with Gasteiger partial charge >= 0.3 is 17.9 Å². The third-order valence-corrected chi connectivity index (χ3v) is 22.7. The number of aliphatic hydroxyl groups is 6. The Hall–Kier alpha value is -9.93. The molecule has 5 amide bonds. The van der Waals surface area contributed by atoms with Crippen molar-refractivity contribution in [3.05, 3.63) is 209 Å². The first-order valence-electron chi connectivity index (χ1n) is 39.3. The molecule has 30 heteroatoms. The molecule has 28 nitrogen and oxygen atoms in total. The van der Waals surface area contributed by atoms with Crippen LogP contribution in [0.1, 0.15) is 130 Å². The number of methoxy groups -OCH3 is 2. The Labute approximate surface area is 693 Å². The zero-order chi connectivity index (χ0) is 84.3. The van der Waals surface area contributed by atoms with Crippen molar-refractivity contribution in [1.29, 1.82) is 0 Å². The van der Waals surface area contributed by atoms with Crippen LogP contribution >= 0.6 is 23.5 Å². The van der Waals surface area contributed by atoms with Gasteiger partial charge in [-0.3, -0.25) is 33.6 Å². The van der Waals surface area contributed by atoms with E-state index >= 15 is 0 Å². The Morgan fingerprint density at radius 3 is 1.39 bits per heavy atom. The number of amides is 5. The number of carbonyl (C=O) groups is 9. The van der Waals surface area contributed by atoms with Crippen molar-refractivity contribution < 1.29 is 112 Å². The van der Waals surface area contributed by atoms with E-state index in [2.05, 4.69) is 38.7 Å². The van der Waals surface area contributed by atoms with Crippen LogP contribution in [0.3, 0.4) is 0 Å². The molecule has 2 aliphatic heterocycles. The van der Waals surface area contributed by atoms with E-state index in [0.29, 0.717) is 55.1 Å². The number of fused-ring (bicyclic) bond motifs is 3. The van der Waals surface area contributed by atoms with Gasteiger partial charge in [0.1, 0.15) is 36.8 Å². The van der Waals surface area contributed by atoms with Crippen LogP contribution in [0.5, 0.6) is 5.75 Å². The van der Waals surface area contributed by atoms with Gasteiger partial charge in [0.2, 0.25) is 11.8 Å². The number of nitrogens with one attached hydrogen (secondary N) is 5. The molecule has 118 heavy (non-hydrogen) atoms. The molecule has 0 spiro atoms. The SMILES string of the molecule is COC(=O)C1(OCCCSCCCC(=O)c2ccc(C(=O)NCCSCCCOC3(C(=O)OC)CC(O)C(NC(C)=O)C([C@H](O)[C@H](O)CNC(=O)c4ccc(-c5ccccc5)cc4)O3)cc2OCCCCC(=O)OCC2c3ccccc3-c3ccccc32)CC(O)C(NC(C)=O)C([C@H](O)[C@H](O)CNC(=O)c2ccc(-c3ccccc3)cc2)O1. The molecule has 10 rings (SSSR count). The number of benzene rings is 7.